The number of rotatable bonds is 6. The highest BCUT2D eigenvalue weighted by Gasteiger charge is 2.29. The largest absolute Gasteiger partial charge is 0.489 e. The molecule has 0 aliphatic carbocycles. The fourth-order valence-electron chi connectivity index (χ4n) is 4.94. The molecular formula is C30H26F2O4. The summed E-state index contributed by atoms with van der Waals surface area (Å²) in [5, 5.41) is 12.0. The second-order valence-corrected chi connectivity index (χ2v) is 9.19. The number of hydrogen-bond acceptors (Lipinski definition) is 4. The van der Waals surface area contributed by atoms with E-state index in [-0.39, 0.29) is 30.6 Å². The van der Waals surface area contributed by atoms with Crippen molar-refractivity contribution in [2.45, 2.75) is 37.9 Å². The highest BCUT2D eigenvalue weighted by Crippen LogP contribution is 2.42. The molecule has 184 valence electrons. The number of benzene rings is 4. The molecule has 4 nitrogen and oxygen atoms in total. The molecule has 2 atom stereocenters. The molecule has 0 amide bonds. The standard InChI is InChI=1S/C30H26F2O4/c1-18-26-5-3-2-4-21(26)14-27(30(18)35-17-25-15-24(33)16-28(34)36-25)29(19-6-10-22(31)11-7-19)20-8-12-23(32)13-9-20/h2-14,24-25,29,33H,15-17H2,1H3/t24-,25+/m1/s1. The molecule has 0 bridgehead atoms. The van der Waals surface area contributed by atoms with Gasteiger partial charge in [-0.1, -0.05) is 48.5 Å². The van der Waals surface area contributed by atoms with Gasteiger partial charge in [0.05, 0.1) is 12.5 Å². The number of carbonyl (C=O) groups excluding carboxylic acids is 1. The molecule has 5 rings (SSSR count). The number of fused-ring (bicyclic) bond motifs is 1. The van der Waals surface area contributed by atoms with Gasteiger partial charge in [-0.05, 0) is 64.7 Å². The van der Waals surface area contributed by atoms with Crippen molar-refractivity contribution < 1.29 is 28.2 Å². The van der Waals surface area contributed by atoms with Gasteiger partial charge in [0.25, 0.3) is 0 Å². The van der Waals surface area contributed by atoms with Crippen LogP contribution in [0.25, 0.3) is 10.8 Å². The lowest BCUT2D eigenvalue weighted by atomic mass is 9.82. The van der Waals surface area contributed by atoms with Crippen LogP contribution >= 0.6 is 0 Å². The van der Waals surface area contributed by atoms with Crippen LogP contribution in [0.3, 0.4) is 0 Å². The van der Waals surface area contributed by atoms with Crippen LogP contribution in [0.5, 0.6) is 5.75 Å². The first-order chi connectivity index (χ1) is 17.4. The number of hydrogen-bond donors (Lipinski definition) is 1. The first kappa shape index (κ1) is 23.9. The zero-order valence-electron chi connectivity index (χ0n) is 19.8. The van der Waals surface area contributed by atoms with Crippen LogP contribution in [0.4, 0.5) is 8.78 Å². The Morgan fingerprint density at radius 1 is 0.972 bits per heavy atom. The van der Waals surface area contributed by atoms with Crippen LogP contribution in [0.2, 0.25) is 0 Å². The van der Waals surface area contributed by atoms with E-state index in [0.717, 1.165) is 33.0 Å². The summed E-state index contributed by atoms with van der Waals surface area (Å²) in [7, 11) is 0. The fourth-order valence-corrected chi connectivity index (χ4v) is 4.94. The maximum Gasteiger partial charge on any atom is 0.308 e. The van der Waals surface area contributed by atoms with Gasteiger partial charge in [0.2, 0.25) is 0 Å². The van der Waals surface area contributed by atoms with E-state index >= 15 is 0 Å². The van der Waals surface area contributed by atoms with Crippen molar-refractivity contribution in [1.82, 2.24) is 0 Å². The summed E-state index contributed by atoms with van der Waals surface area (Å²) in [6.45, 7) is 2.05. The number of carbonyl (C=O) groups is 1. The maximum atomic E-state index is 13.8. The van der Waals surface area contributed by atoms with Crippen molar-refractivity contribution in [3.05, 3.63) is 113 Å². The van der Waals surface area contributed by atoms with Crippen molar-refractivity contribution in [2.24, 2.45) is 0 Å². The first-order valence-electron chi connectivity index (χ1n) is 11.9. The number of esters is 1. The molecular weight excluding hydrogens is 462 g/mol. The molecule has 1 N–H and O–H groups in total. The molecule has 1 aliphatic heterocycles. The van der Waals surface area contributed by atoms with Crippen LogP contribution in [0.15, 0.2) is 78.9 Å². The number of ether oxygens (including phenoxy) is 2. The van der Waals surface area contributed by atoms with E-state index in [1.807, 2.05) is 37.3 Å². The Morgan fingerprint density at radius 3 is 2.19 bits per heavy atom. The summed E-state index contributed by atoms with van der Waals surface area (Å²) in [6, 6.07) is 22.5. The monoisotopic (exact) mass is 488 g/mol. The topological polar surface area (TPSA) is 55.8 Å². The minimum absolute atomic E-state index is 0.0199. The Balaban J connectivity index is 1.64. The summed E-state index contributed by atoms with van der Waals surface area (Å²) in [6.07, 6.45) is -1.06. The fraction of sp³-hybridized carbons (Fsp3) is 0.233. The minimum atomic E-state index is -0.761. The third-order valence-electron chi connectivity index (χ3n) is 6.65. The van der Waals surface area contributed by atoms with Gasteiger partial charge in [-0.3, -0.25) is 4.79 Å². The Hall–Kier alpha value is -3.77. The van der Waals surface area contributed by atoms with Crippen LogP contribution < -0.4 is 4.74 Å². The van der Waals surface area contributed by atoms with Gasteiger partial charge in [-0.25, -0.2) is 8.78 Å². The molecule has 0 spiro atoms. The predicted octanol–water partition coefficient (Wildman–Crippen LogP) is 6.05. The van der Waals surface area contributed by atoms with Crippen LogP contribution in [-0.2, 0) is 9.53 Å². The number of cyclic esters (lactones) is 1. The Labute approximate surface area is 208 Å². The molecule has 0 saturated carbocycles. The van der Waals surface area contributed by atoms with Crippen molar-refractivity contribution >= 4 is 16.7 Å². The molecule has 1 aliphatic rings. The van der Waals surface area contributed by atoms with Crippen LogP contribution in [0.1, 0.15) is 41.0 Å². The van der Waals surface area contributed by atoms with Crippen molar-refractivity contribution in [3.63, 3.8) is 0 Å². The van der Waals surface area contributed by atoms with E-state index in [2.05, 4.69) is 0 Å². The van der Waals surface area contributed by atoms with Crippen molar-refractivity contribution in [3.8, 4) is 5.75 Å². The van der Waals surface area contributed by atoms with Gasteiger partial charge < -0.3 is 14.6 Å². The van der Waals surface area contributed by atoms with Crippen LogP contribution in [-0.4, -0.2) is 29.9 Å². The van der Waals surface area contributed by atoms with Crippen molar-refractivity contribution in [2.75, 3.05) is 6.61 Å². The molecule has 6 heteroatoms. The van der Waals surface area contributed by atoms with Gasteiger partial charge in [-0.2, -0.15) is 0 Å². The second kappa shape index (κ2) is 10.1. The third kappa shape index (κ3) is 4.95. The van der Waals surface area contributed by atoms with E-state index in [1.54, 1.807) is 24.3 Å². The number of aliphatic hydroxyl groups excluding tert-OH is 1. The SMILES string of the molecule is Cc1c(OC[C@@H]2C[C@@H](O)CC(=O)O2)c(C(c2ccc(F)cc2)c2ccc(F)cc2)cc2ccccc12. The Kier molecular flexibility index (Phi) is 6.70. The Morgan fingerprint density at radius 2 is 1.58 bits per heavy atom. The number of aliphatic hydroxyl groups is 1. The van der Waals surface area contributed by atoms with E-state index in [0.29, 0.717) is 12.2 Å². The van der Waals surface area contributed by atoms with Gasteiger partial charge in [0, 0.05) is 17.9 Å². The molecule has 1 heterocycles. The molecule has 36 heavy (non-hydrogen) atoms. The molecule has 4 aromatic rings. The molecule has 0 unspecified atom stereocenters. The van der Waals surface area contributed by atoms with Gasteiger partial charge >= 0.3 is 5.97 Å². The zero-order chi connectivity index (χ0) is 25.2. The van der Waals surface area contributed by atoms with E-state index in [4.69, 9.17) is 9.47 Å². The Bertz CT molecular complexity index is 1340. The summed E-state index contributed by atoms with van der Waals surface area (Å²) < 4.78 is 39.4. The highest BCUT2D eigenvalue weighted by atomic mass is 19.1. The van der Waals surface area contributed by atoms with Gasteiger partial charge in [0.1, 0.15) is 30.1 Å². The lowest BCUT2D eigenvalue weighted by Crippen LogP contribution is -2.36. The second-order valence-electron chi connectivity index (χ2n) is 9.19. The summed E-state index contributed by atoms with van der Waals surface area (Å²) in [4.78, 5) is 11.8. The van der Waals surface area contributed by atoms with Gasteiger partial charge in [0.15, 0.2) is 0 Å². The normalized spacial score (nSPS) is 17.9. The first-order valence-corrected chi connectivity index (χ1v) is 11.9. The lowest BCUT2D eigenvalue weighted by Gasteiger charge is -2.28. The average Bonchev–Trinajstić information content (AvgIpc) is 2.86. The summed E-state index contributed by atoms with van der Waals surface area (Å²) in [5.41, 5.74) is 3.37. The predicted molar refractivity (Wildman–Crippen MR) is 133 cm³/mol. The smallest absolute Gasteiger partial charge is 0.308 e. The number of aryl methyl sites for hydroxylation is 1. The molecule has 0 radical (unpaired) electrons. The highest BCUT2D eigenvalue weighted by molar-refractivity contribution is 5.89. The molecule has 1 saturated heterocycles. The zero-order valence-corrected chi connectivity index (χ0v) is 19.8. The lowest BCUT2D eigenvalue weighted by molar-refractivity contribution is -0.162. The van der Waals surface area contributed by atoms with Gasteiger partial charge in [-0.15, -0.1) is 0 Å². The molecule has 1 fully saturated rings. The van der Waals surface area contributed by atoms with E-state index in [9.17, 15) is 18.7 Å². The average molecular weight is 489 g/mol. The summed E-state index contributed by atoms with van der Waals surface area (Å²) >= 11 is 0. The van der Waals surface area contributed by atoms with Crippen molar-refractivity contribution in [1.29, 1.82) is 0 Å². The minimum Gasteiger partial charge on any atom is -0.489 e. The van der Waals surface area contributed by atoms with E-state index in [1.165, 1.54) is 24.3 Å². The molecule has 4 aromatic carbocycles. The van der Waals surface area contributed by atoms with Crippen LogP contribution in [0, 0.1) is 18.6 Å². The molecule has 0 aromatic heterocycles. The van der Waals surface area contributed by atoms with E-state index < -0.39 is 18.2 Å². The number of halogens is 2. The summed E-state index contributed by atoms with van der Waals surface area (Å²) in [5.74, 6) is -0.901. The third-order valence-corrected chi connectivity index (χ3v) is 6.65. The maximum absolute atomic E-state index is 13.8. The quantitative estimate of drug-likeness (QED) is 0.265.